The summed E-state index contributed by atoms with van der Waals surface area (Å²) in [5.74, 6) is 1.15. The quantitative estimate of drug-likeness (QED) is 0.158. The summed E-state index contributed by atoms with van der Waals surface area (Å²) in [4.78, 5) is 2.77. The van der Waals surface area contributed by atoms with Gasteiger partial charge in [-0.05, 0) is 121 Å². The minimum atomic E-state index is -0.0549. The summed E-state index contributed by atoms with van der Waals surface area (Å²) < 4.78 is 0. The van der Waals surface area contributed by atoms with Crippen molar-refractivity contribution in [1.82, 2.24) is 0 Å². The average Bonchev–Trinajstić information content (AvgIpc) is 3.97. The van der Waals surface area contributed by atoms with Gasteiger partial charge in [0, 0.05) is 39.7 Å². The smallest absolute Gasteiger partial charge is 0.243 e. The molecular formula is C60H47B2N. The van der Waals surface area contributed by atoms with Crippen LogP contribution in [0.4, 0.5) is 11.4 Å². The number of anilines is 2. The Hall–Kier alpha value is -6.31. The van der Waals surface area contributed by atoms with E-state index in [4.69, 9.17) is 0 Å². The van der Waals surface area contributed by atoms with Gasteiger partial charge in [-0.2, -0.15) is 0 Å². The first kappa shape index (κ1) is 35.2. The number of rotatable bonds is 2. The number of hydrogen-bond acceptors (Lipinski definition) is 1. The minimum absolute atomic E-state index is 0.0121. The second kappa shape index (κ2) is 11.8. The Balaban J connectivity index is 0.934. The highest BCUT2D eigenvalue weighted by Crippen LogP contribution is 2.63. The zero-order valence-electron chi connectivity index (χ0n) is 36.5. The maximum absolute atomic E-state index is 2.77. The highest BCUT2D eigenvalue weighted by atomic mass is 15.2. The molecule has 4 heterocycles. The lowest BCUT2D eigenvalue weighted by atomic mass is 9.27. The third-order valence-electron chi connectivity index (χ3n) is 17.6. The lowest BCUT2D eigenvalue weighted by molar-refractivity contribution is 0.608. The van der Waals surface area contributed by atoms with Gasteiger partial charge in [-0.1, -0.05) is 195 Å². The molecule has 3 unspecified atom stereocenters. The summed E-state index contributed by atoms with van der Waals surface area (Å²) in [5.41, 5.74) is 33.0. The van der Waals surface area contributed by atoms with E-state index in [0.717, 1.165) is 19.3 Å². The third-order valence-corrected chi connectivity index (χ3v) is 17.6. The van der Waals surface area contributed by atoms with Crippen molar-refractivity contribution in [1.29, 1.82) is 0 Å². The molecule has 0 aromatic heterocycles. The molecule has 298 valence electrons. The molecule has 3 heteroatoms. The van der Waals surface area contributed by atoms with E-state index in [1.807, 2.05) is 0 Å². The van der Waals surface area contributed by atoms with Gasteiger partial charge in [0.25, 0.3) is 0 Å². The van der Waals surface area contributed by atoms with Gasteiger partial charge in [-0.15, -0.1) is 0 Å². The summed E-state index contributed by atoms with van der Waals surface area (Å²) in [6, 6.07) is 53.6. The second-order valence-corrected chi connectivity index (χ2v) is 21.0. The fourth-order valence-corrected chi connectivity index (χ4v) is 14.9. The highest BCUT2D eigenvalue weighted by molar-refractivity contribution is 6.93. The standard InChI is InChI=1S/C60H47B2N/c1-59(2)46-22-12-11-19-38(46)42-30-44-40-20-13-23-54-56(40)61(50(44)32-48(42)59)52-28-37(35-17-9-6-10-18-35)29-53-58(52)63(54)55-24-14-21-41-45-31-43-39-26-25-36(34-15-7-5-8-16-34)27-47(39)60(3,4)49(43)33-51(45)62(53)57(41)55/h5-27,29,31-32,37,42,51H,28,30,33H2,1-4H3. The summed E-state index contributed by atoms with van der Waals surface area (Å²) in [5, 5.41) is 0. The fourth-order valence-electron chi connectivity index (χ4n) is 14.9. The van der Waals surface area contributed by atoms with E-state index in [-0.39, 0.29) is 17.5 Å². The van der Waals surface area contributed by atoms with E-state index in [1.165, 1.54) is 72.7 Å². The lowest BCUT2D eigenvalue weighted by Crippen LogP contribution is -2.53. The summed E-state index contributed by atoms with van der Waals surface area (Å²) in [6.07, 6.45) is 11.3. The normalized spacial score (nSPS) is 23.8. The van der Waals surface area contributed by atoms with Crippen molar-refractivity contribution in [3.8, 4) is 11.1 Å². The number of allylic oxidation sites excluding steroid dienone is 11. The molecule has 0 bridgehead atoms. The molecule has 0 radical (unpaired) electrons. The van der Waals surface area contributed by atoms with Gasteiger partial charge in [0.1, 0.15) is 0 Å². The third kappa shape index (κ3) is 4.28. The maximum atomic E-state index is 2.77. The molecule has 1 nitrogen and oxygen atoms in total. The molecular weight excluding hydrogens is 756 g/mol. The Bertz CT molecular complexity index is 3330. The number of nitrogens with zero attached hydrogens (tertiary/aromatic N) is 1. The fraction of sp³-hybridized carbons (Fsp3) is 0.200. The predicted octanol–water partition coefficient (Wildman–Crippen LogP) is 13.0. The van der Waals surface area contributed by atoms with Gasteiger partial charge in [-0.25, -0.2) is 0 Å². The topological polar surface area (TPSA) is 3.24 Å². The van der Waals surface area contributed by atoms with Crippen molar-refractivity contribution >= 4 is 52.4 Å². The van der Waals surface area contributed by atoms with Gasteiger partial charge < -0.3 is 4.90 Å². The minimum Gasteiger partial charge on any atom is -0.313 e. The van der Waals surface area contributed by atoms with Crippen LogP contribution in [0.5, 0.6) is 0 Å². The summed E-state index contributed by atoms with van der Waals surface area (Å²) in [7, 11) is 0. The maximum Gasteiger partial charge on any atom is 0.243 e. The highest BCUT2D eigenvalue weighted by Gasteiger charge is 2.57. The van der Waals surface area contributed by atoms with Crippen LogP contribution in [-0.2, 0) is 10.8 Å². The Morgan fingerprint density at radius 1 is 0.603 bits per heavy atom. The van der Waals surface area contributed by atoms with Crippen LogP contribution in [0.25, 0.3) is 27.8 Å². The molecule has 6 aromatic rings. The largest absolute Gasteiger partial charge is 0.313 e. The zero-order chi connectivity index (χ0) is 41.7. The van der Waals surface area contributed by atoms with Crippen molar-refractivity contribution < 1.29 is 0 Å². The number of hydrogen-bond donors (Lipinski definition) is 0. The van der Waals surface area contributed by atoms with Gasteiger partial charge >= 0.3 is 0 Å². The molecule has 0 saturated carbocycles. The van der Waals surface area contributed by atoms with E-state index in [0.29, 0.717) is 24.4 Å². The molecule has 0 fully saturated rings. The van der Waals surface area contributed by atoms with Crippen LogP contribution in [0.1, 0.15) is 97.7 Å². The Labute approximate surface area is 372 Å². The number of benzene rings is 6. The lowest BCUT2D eigenvalue weighted by Gasteiger charge is -2.48. The molecule has 0 amide bonds. The van der Waals surface area contributed by atoms with Crippen molar-refractivity contribution in [2.24, 2.45) is 0 Å². The molecule has 0 N–H and O–H groups in total. The van der Waals surface area contributed by atoms with E-state index >= 15 is 0 Å². The Kier molecular flexibility index (Phi) is 6.60. The Morgan fingerprint density at radius 3 is 2.17 bits per heavy atom. The van der Waals surface area contributed by atoms with Crippen LogP contribution in [0.15, 0.2) is 191 Å². The average molecular weight is 804 g/mol. The van der Waals surface area contributed by atoms with E-state index in [1.54, 1.807) is 49.6 Å². The van der Waals surface area contributed by atoms with Gasteiger partial charge in [0.2, 0.25) is 13.4 Å². The predicted molar refractivity (Wildman–Crippen MR) is 265 cm³/mol. The van der Waals surface area contributed by atoms with Crippen LogP contribution < -0.4 is 15.8 Å². The van der Waals surface area contributed by atoms with Gasteiger partial charge in [0.05, 0.1) is 0 Å². The first-order valence-electron chi connectivity index (χ1n) is 23.5. The van der Waals surface area contributed by atoms with Crippen molar-refractivity contribution in [3.05, 3.63) is 230 Å². The molecule has 5 aliphatic carbocycles. The molecule has 6 aromatic carbocycles. The first-order valence-corrected chi connectivity index (χ1v) is 23.5. The van der Waals surface area contributed by atoms with E-state index in [2.05, 4.69) is 190 Å². The molecule has 0 spiro atoms. The first-order chi connectivity index (χ1) is 30.8. The summed E-state index contributed by atoms with van der Waals surface area (Å²) >= 11 is 0. The molecule has 3 atom stereocenters. The summed E-state index contributed by atoms with van der Waals surface area (Å²) in [6.45, 7) is 10.5. The van der Waals surface area contributed by atoms with E-state index < -0.39 is 0 Å². The Morgan fingerprint density at radius 2 is 1.35 bits per heavy atom. The SMILES string of the molecule is CC1(C)C2=C(C=C3c4cccc5c4B(C4=CC(c6ccccc6)CC6=C4N5c4cccc5c4B6C4=C5CC5C(=C4)C(C)(C)c4ccccc45)C3C2)c2ccc(-c3ccccc3)cc21. The van der Waals surface area contributed by atoms with Crippen LogP contribution in [0.3, 0.4) is 0 Å². The van der Waals surface area contributed by atoms with Crippen LogP contribution in [0.2, 0.25) is 5.82 Å². The molecule has 0 saturated heterocycles. The number of fused-ring (bicyclic) bond motifs is 14. The van der Waals surface area contributed by atoms with Crippen LogP contribution >= 0.6 is 0 Å². The van der Waals surface area contributed by atoms with Crippen LogP contribution in [0, 0.1) is 0 Å². The monoisotopic (exact) mass is 803 g/mol. The van der Waals surface area contributed by atoms with Crippen molar-refractivity contribution in [2.75, 3.05) is 4.90 Å². The molecule has 63 heavy (non-hydrogen) atoms. The molecule has 9 aliphatic rings. The van der Waals surface area contributed by atoms with Crippen molar-refractivity contribution in [2.45, 2.75) is 75.4 Å². The van der Waals surface area contributed by atoms with Gasteiger partial charge in [0.15, 0.2) is 0 Å². The van der Waals surface area contributed by atoms with Crippen LogP contribution in [-0.4, -0.2) is 13.4 Å². The molecule has 15 rings (SSSR count). The zero-order valence-corrected chi connectivity index (χ0v) is 36.5. The molecule has 4 aliphatic heterocycles. The van der Waals surface area contributed by atoms with Gasteiger partial charge in [-0.3, -0.25) is 0 Å². The second-order valence-electron chi connectivity index (χ2n) is 21.0. The van der Waals surface area contributed by atoms with Crippen molar-refractivity contribution in [3.63, 3.8) is 0 Å². The van der Waals surface area contributed by atoms with E-state index in [9.17, 15) is 0 Å².